The highest BCUT2D eigenvalue weighted by Gasteiger charge is 2.40. The minimum Gasteiger partial charge on any atom is -1.00 e. The molecule has 1 aliphatic heterocycles. The van der Waals surface area contributed by atoms with Crippen LogP contribution in [-0.4, -0.2) is 18.1 Å². The summed E-state index contributed by atoms with van der Waals surface area (Å²) in [4.78, 5) is 0. The van der Waals surface area contributed by atoms with E-state index in [0.717, 1.165) is 29.7 Å². The lowest BCUT2D eigenvalue weighted by Crippen LogP contribution is -3.00. The number of pyridine rings is 1. The molecule has 1 aromatic heterocycles. The van der Waals surface area contributed by atoms with E-state index in [4.69, 9.17) is 46.4 Å². The first kappa shape index (κ1) is 27.5. The maximum absolute atomic E-state index is 6.26. The highest BCUT2D eigenvalue weighted by atomic mass is 35.5. The van der Waals surface area contributed by atoms with Crippen molar-refractivity contribution in [3.8, 4) is 0 Å². The third-order valence-corrected chi connectivity index (χ3v) is 7.52. The fourth-order valence-corrected chi connectivity index (χ4v) is 5.21. The number of hydrogen-bond acceptors (Lipinski definition) is 0. The number of hydrogen-bond donors (Lipinski definition) is 0. The fourth-order valence-electron chi connectivity index (χ4n) is 4.57. The minimum absolute atomic E-state index is 0. The molecule has 0 radical (unpaired) electrons. The Bertz CT molecular complexity index is 1070. The second kappa shape index (κ2) is 11.6. The number of aromatic nitrogens is 1. The molecular formula is C24H24Cl6N2. The summed E-state index contributed by atoms with van der Waals surface area (Å²) >= 11 is 24.6. The molecule has 4 rings (SSSR count). The molecule has 1 fully saturated rings. The molecule has 0 spiro atoms. The van der Waals surface area contributed by atoms with Gasteiger partial charge in [-0.3, -0.25) is 0 Å². The van der Waals surface area contributed by atoms with Crippen LogP contribution in [0.3, 0.4) is 0 Å². The van der Waals surface area contributed by atoms with Crippen molar-refractivity contribution in [1.82, 2.24) is 0 Å². The van der Waals surface area contributed by atoms with Crippen LogP contribution in [0.15, 0.2) is 60.9 Å². The summed E-state index contributed by atoms with van der Waals surface area (Å²) in [5.74, 6) is 0. The van der Waals surface area contributed by atoms with Gasteiger partial charge in [0.2, 0.25) is 0 Å². The summed E-state index contributed by atoms with van der Waals surface area (Å²) in [6, 6.07) is 16.6. The largest absolute Gasteiger partial charge is 1.00 e. The van der Waals surface area contributed by atoms with E-state index < -0.39 is 0 Å². The monoisotopic (exact) mass is 550 g/mol. The van der Waals surface area contributed by atoms with Gasteiger partial charge in [-0.2, -0.15) is 0 Å². The maximum Gasteiger partial charge on any atom is 0.178 e. The van der Waals surface area contributed by atoms with Gasteiger partial charge in [0.15, 0.2) is 18.9 Å². The lowest BCUT2D eigenvalue weighted by molar-refractivity contribution is -0.940. The van der Waals surface area contributed by atoms with Crippen molar-refractivity contribution in [3.05, 3.63) is 97.7 Å². The van der Waals surface area contributed by atoms with Crippen LogP contribution in [0.25, 0.3) is 0 Å². The van der Waals surface area contributed by atoms with Gasteiger partial charge in [0.05, 0.1) is 39.2 Å². The second-order valence-corrected chi connectivity index (χ2v) is 9.95. The standard InChI is InChI=1S/C24H24Cl4N2.2ClH/c1-30(16-18-7-9-21(26)23(28)13-18)11-3-5-24(30)19-4-2-10-29(15-19)14-17-6-8-20(25)22(27)12-17;;/h2,4,6-10,12-13,15,24H,3,5,11,14,16H2,1H3;2*1H/q+2;;/p-2. The van der Waals surface area contributed by atoms with Gasteiger partial charge in [0.25, 0.3) is 0 Å². The highest BCUT2D eigenvalue weighted by molar-refractivity contribution is 6.42. The van der Waals surface area contributed by atoms with E-state index in [0.29, 0.717) is 26.1 Å². The Morgan fingerprint density at radius 1 is 0.875 bits per heavy atom. The maximum atomic E-state index is 6.26. The molecule has 2 aromatic carbocycles. The number of rotatable bonds is 5. The minimum atomic E-state index is 0. The molecule has 0 aliphatic carbocycles. The van der Waals surface area contributed by atoms with Crippen molar-refractivity contribution in [2.24, 2.45) is 0 Å². The Balaban J connectivity index is 0.00000181. The molecule has 0 saturated carbocycles. The Morgan fingerprint density at radius 3 is 2.16 bits per heavy atom. The van der Waals surface area contributed by atoms with E-state index >= 15 is 0 Å². The molecule has 2 heterocycles. The zero-order chi connectivity index (χ0) is 21.3. The van der Waals surface area contributed by atoms with Gasteiger partial charge < -0.3 is 29.3 Å². The zero-order valence-electron chi connectivity index (χ0n) is 17.5. The normalized spacial score (nSPS) is 19.8. The van der Waals surface area contributed by atoms with Crippen LogP contribution in [0.2, 0.25) is 20.1 Å². The number of nitrogens with zero attached hydrogens (tertiary/aromatic N) is 2. The number of halogens is 6. The molecule has 2 atom stereocenters. The summed E-state index contributed by atoms with van der Waals surface area (Å²) in [7, 11) is 2.34. The molecule has 172 valence electrons. The van der Waals surface area contributed by atoms with Crippen LogP contribution >= 0.6 is 46.4 Å². The van der Waals surface area contributed by atoms with Crippen LogP contribution in [0.4, 0.5) is 0 Å². The van der Waals surface area contributed by atoms with E-state index in [1.54, 1.807) is 0 Å². The first-order chi connectivity index (χ1) is 14.3. The molecule has 2 unspecified atom stereocenters. The number of benzene rings is 2. The van der Waals surface area contributed by atoms with Crippen LogP contribution in [0, 0.1) is 0 Å². The van der Waals surface area contributed by atoms with Gasteiger partial charge in [-0.1, -0.05) is 58.5 Å². The summed E-state index contributed by atoms with van der Waals surface area (Å²) in [6.07, 6.45) is 6.76. The molecule has 2 nitrogen and oxygen atoms in total. The van der Waals surface area contributed by atoms with E-state index in [-0.39, 0.29) is 24.8 Å². The number of quaternary nitrogens is 1. The second-order valence-electron chi connectivity index (χ2n) is 8.33. The number of likely N-dealkylation sites (tertiary alicyclic amines) is 1. The van der Waals surface area contributed by atoms with Gasteiger partial charge >= 0.3 is 0 Å². The molecule has 1 aliphatic rings. The van der Waals surface area contributed by atoms with Gasteiger partial charge in [-0.25, -0.2) is 4.57 Å². The van der Waals surface area contributed by atoms with Crippen LogP contribution in [-0.2, 0) is 13.1 Å². The van der Waals surface area contributed by atoms with E-state index in [2.05, 4.69) is 42.2 Å². The topological polar surface area (TPSA) is 3.88 Å². The SMILES string of the molecule is C[N+]1(Cc2ccc(Cl)c(Cl)c2)CCCC1c1ccc[n+](Cc2ccc(Cl)c(Cl)c2)c1.[Cl-].[Cl-]. The van der Waals surface area contributed by atoms with Crippen molar-refractivity contribution in [3.63, 3.8) is 0 Å². The smallest absolute Gasteiger partial charge is 0.178 e. The average molecular weight is 553 g/mol. The molecular weight excluding hydrogens is 529 g/mol. The lowest BCUT2D eigenvalue weighted by Gasteiger charge is -2.36. The van der Waals surface area contributed by atoms with Gasteiger partial charge in [0, 0.05) is 30.0 Å². The van der Waals surface area contributed by atoms with Crippen molar-refractivity contribution in [2.75, 3.05) is 13.6 Å². The third kappa shape index (κ3) is 6.24. The summed E-state index contributed by atoms with van der Waals surface area (Å²) in [6.45, 7) is 2.84. The molecule has 0 N–H and O–H groups in total. The third-order valence-electron chi connectivity index (χ3n) is 6.04. The zero-order valence-corrected chi connectivity index (χ0v) is 22.1. The van der Waals surface area contributed by atoms with Gasteiger partial charge in [-0.15, -0.1) is 0 Å². The van der Waals surface area contributed by atoms with E-state index in [9.17, 15) is 0 Å². The average Bonchev–Trinajstić information content (AvgIpc) is 3.09. The van der Waals surface area contributed by atoms with Crippen molar-refractivity contribution >= 4 is 46.4 Å². The molecule has 1 saturated heterocycles. The van der Waals surface area contributed by atoms with E-state index in [1.165, 1.54) is 24.0 Å². The predicted molar refractivity (Wildman–Crippen MR) is 125 cm³/mol. The lowest BCUT2D eigenvalue weighted by atomic mass is 10.0. The Kier molecular flexibility index (Phi) is 10.00. The molecule has 32 heavy (non-hydrogen) atoms. The molecule has 0 bridgehead atoms. The molecule has 0 amide bonds. The Hall–Kier alpha value is -0.710. The van der Waals surface area contributed by atoms with Crippen molar-refractivity contribution in [2.45, 2.75) is 32.0 Å². The van der Waals surface area contributed by atoms with E-state index in [1.807, 2.05) is 30.3 Å². The highest BCUT2D eigenvalue weighted by Crippen LogP contribution is 2.39. The molecule has 3 aromatic rings. The first-order valence-corrected chi connectivity index (χ1v) is 11.6. The molecule has 8 heteroatoms. The van der Waals surface area contributed by atoms with Gasteiger partial charge in [0.1, 0.15) is 12.6 Å². The first-order valence-electron chi connectivity index (χ1n) is 10.1. The quantitative estimate of drug-likeness (QED) is 0.330. The summed E-state index contributed by atoms with van der Waals surface area (Å²) in [5.41, 5.74) is 3.71. The van der Waals surface area contributed by atoms with Crippen LogP contribution in [0.5, 0.6) is 0 Å². The Morgan fingerprint density at radius 2 is 1.50 bits per heavy atom. The predicted octanol–water partition coefficient (Wildman–Crippen LogP) is 1.13. The summed E-state index contributed by atoms with van der Waals surface area (Å²) in [5, 5.41) is 2.40. The van der Waals surface area contributed by atoms with Gasteiger partial charge in [-0.05, 0) is 30.3 Å². The van der Waals surface area contributed by atoms with Crippen molar-refractivity contribution in [1.29, 1.82) is 0 Å². The Labute approximate surface area is 222 Å². The van der Waals surface area contributed by atoms with Crippen LogP contribution in [0.1, 0.15) is 35.6 Å². The van der Waals surface area contributed by atoms with Crippen molar-refractivity contribution < 1.29 is 33.9 Å². The fraction of sp³-hybridized carbons (Fsp3) is 0.292. The summed E-state index contributed by atoms with van der Waals surface area (Å²) < 4.78 is 3.19. The van der Waals surface area contributed by atoms with Crippen LogP contribution < -0.4 is 29.4 Å².